The second kappa shape index (κ2) is 8.61. The number of likely N-dealkylation sites (N-methyl/N-ethyl adjacent to an activating group) is 1. The minimum atomic E-state index is -1.37. The fourth-order valence-corrected chi connectivity index (χ4v) is 2.18. The van der Waals surface area contributed by atoms with Crippen LogP contribution in [0.1, 0.15) is 39.5 Å². The van der Waals surface area contributed by atoms with Gasteiger partial charge in [0.25, 0.3) is 0 Å². The Balaban J connectivity index is 3.17. The van der Waals surface area contributed by atoms with Gasteiger partial charge in [-0.05, 0) is 46.0 Å². The number of carbonyl (C=O) groups excluding carboxylic acids is 2. The summed E-state index contributed by atoms with van der Waals surface area (Å²) in [5.41, 5.74) is -0.626. The van der Waals surface area contributed by atoms with Gasteiger partial charge in [0.15, 0.2) is 6.23 Å². The Bertz CT molecular complexity index is 686. The number of hydrogen-bond donors (Lipinski definition) is 2. The Morgan fingerprint density at radius 3 is 2.42 bits per heavy atom. The van der Waals surface area contributed by atoms with Crippen LogP contribution in [-0.2, 0) is 19.1 Å². The predicted molar refractivity (Wildman–Crippen MR) is 91.0 cm³/mol. The maximum absolute atomic E-state index is 13.7. The lowest BCUT2D eigenvalue weighted by Crippen LogP contribution is -2.36. The number of amides is 1. The van der Waals surface area contributed by atoms with Crippen LogP contribution in [0.2, 0.25) is 0 Å². The van der Waals surface area contributed by atoms with Crippen LogP contribution in [0.4, 0.5) is 14.9 Å². The standard InChI is InChI=1S/C17H23FN2O6/c1-10(21)25-15(20(5)9-14(22)26-17(2,3)4)12-8-11(18)6-7-13(12)19-16(23)24/h6-8,15,19H,9H2,1-5H3,(H,23,24). The van der Waals surface area contributed by atoms with Gasteiger partial charge in [-0.25, -0.2) is 9.18 Å². The van der Waals surface area contributed by atoms with E-state index in [0.717, 1.165) is 19.1 Å². The van der Waals surface area contributed by atoms with Crippen molar-refractivity contribution < 1.29 is 33.4 Å². The summed E-state index contributed by atoms with van der Waals surface area (Å²) < 4.78 is 24.1. The predicted octanol–water partition coefficient (Wildman–Crippen LogP) is 2.75. The van der Waals surface area contributed by atoms with E-state index in [1.165, 1.54) is 18.0 Å². The molecule has 2 N–H and O–H groups in total. The van der Waals surface area contributed by atoms with Crippen molar-refractivity contribution in [3.05, 3.63) is 29.6 Å². The maximum atomic E-state index is 13.7. The van der Waals surface area contributed by atoms with Crippen LogP contribution in [-0.4, -0.2) is 47.2 Å². The molecule has 1 aromatic carbocycles. The quantitative estimate of drug-likeness (QED) is 0.586. The smallest absolute Gasteiger partial charge is 0.409 e. The van der Waals surface area contributed by atoms with Crippen molar-refractivity contribution in [2.24, 2.45) is 0 Å². The molecule has 0 aromatic heterocycles. The average molecular weight is 370 g/mol. The van der Waals surface area contributed by atoms with Crippen molar-refractivity contribution in [1.29, 1.82) is 0 Å². The van der Waals surface area contributed by atoms with E-state index in [0.29, 0.717) is 0 Å². The largest absolute Gasteiger partial charge is 0.465 e. The van der Waals surface area contributed by atoms with Gasteiger partial charge in [0.2, 0.25) is 0 Å². The monoisotopic (exact) mass is 370 g/mol. The highest BCUT2D eigenvalue weighted by molar-refractivity contribution is 5.84. The average Bonchev–Trinajstić information content (AvgIpc) is 2.43. The first-order valence-corrected chi connectivity index (χ1v) is 7.77. The third-order valence-electron chi connectivity index (χ3n) is 3.00. The summed E-state index contributed by atoms with van der Waals surface area (Å²) in [6.07, 6.45) is -2.56. The van der Waals surface area contributed by atoms with E-state index in [-0.39, 0.29) is 17.8 Å². The highest BCUT2D eigenvalue weighted by Gasteiger charge is 2.27. The number of ether oxygens (including phenoxy) is 2. The summed E-state index contributed by atoms with van der Waals surface area (Å²) in [4.78, 5) is 35.8. The number of esters is 2. The van der Waals surface area contributed by atoms with E-state index in [1.807, 2.05) is 0 Å². The third-order valence-corrected chi connectivity index (χ3v) is 3.00. The van der Waals surface area contributed by atoms with Crippen LogP contribution in [0.15, 0.2) is 18.2 Å². The van der Waals surface area contributed by atoms with Crippen LogP contribution in [0.3, 0.4) is 0 Å². The molecular formula is C17H23FN2O6. The van der Waals surface area contributed by atoms with Gasteiger partial charge >= 0.3 is 18.0 Å². The number of carbonyl (C=O) groups is 3. The molecule has 0 spiro atoms. The second-order valence-corrected chi connectivity index (χ2v) is 6.63. The van der Waals surface area contributed by atoms with Gasteiger partial charge in [0.1, 0.15) is 11.4 Å². The van der Waals surface area contributed by atoms with Crippen LogP contribution in [0, 0.1) is 5.82 Å². The van der Waals surface area contributed by atoms with Crippen molar-refractivity contribution >= 4 is 23.7 Å². The number of nitrogens with one attached hydrogen (secondary N) is 1. The van der Waals surface area contributed by atoms with E-state index in [1.54, 1.807) is 20.8 Å². The van der Waals surface area contributed by atoms with Crippen molar-refractivity contribution in [1.82, 2.24) is 4.90 Å². The van der Waals surface area contributed by atoms with Gasteiger partial charge in [0, 0.05) is 12.5 Å². The number of rotatable bonds is 6. The fraction of sp³-hybridized carbons (Fsp3) is 0.471. The van der Waals surface area contributed by atoms with Gasteiger partial charge in [-0.1, -0.05) is 0 Å². The molecule has 0 saturated heterocycles. The Morgan fingerprint density at radius 1 is 1.31 bits per heavy atom. The van der Waals surface area contributed by atoms with Gasteiger partial charge in [0.05, 0.1) is 12.2 Å². The Labute approximate surface area is 150 Å². The zero-order chi connectivity index (χ0) is 20.1. The highest BCUT2D eigenvalue weighted by Crippen LogP contribution is 2.29. The van der Waals surface area contributed by atoms with Gasteiger partial charge < -0.3 is 14.6 Å². The Morgan fingerprint density at radius 2 is 1.92 bits per heavy atom. The fourth-order valence-electron chi connectivity index (χ4n) is 2.18. The summed E-state index contributed by atoms with van der Waals surface area (Å²) >= 11 is 0. The molecule has 1 unspecified atom stereocenters. The molecule has 0 aliphatic rings. The maximum Gasteiger partial charge on any atom is 0.409 e. The molecule has 1 aromatic rings. The summed E-state index contributed by atoms with van der Waals surface area (Å²) in [5.74, 6) is -1.92. The van der Waals surface area contributed by atoms with Crippen LogP contribution in [0.5, 0.6) is 0 Å². The van der Waals surface area contributed by atoms with Crippen LogP contribution in [0.25, 0.3) is 0 Å². The molecular weight excluding hydrogens is 347 g/mol. The number of benzene rings is 1. The van der Waals surface area contributed by atoms with E-state index in [2.05, 4.69) is 5.32 Å². The van der Waals surface area contributed by atoms with Gasteiger partial charge in [-0.2, -0.15) is 0 Å². The van der Waals surface area contributed by atoms with E-state index >= 15 is 0 Å². The van der Waals surface area contributed by atoms with Crippen LogP contribution < -0.4 is 5.32 Å². The SMILES string of the molecule is CC(=O)OC(c1cc(F)ccc1NC(=O)O)N(C)CC(=O)OC(C)(C)C. The molecule has 0 aliphatic carbocycles. The number of nitrogens with zero attached hydrogens (tertiary/aromatic N) is 1. The van der Waals surface area contributed by atoms with E-state index in [4.69, 9.17) is 14.6 Å². The normalized spacial score (nSPS) is 12.4. The molecule has 8 nitrogen and oxygen atoms in total. The summed E-state index contributed by atoms with van der Waals surface area (Å²) in [7, 11) is 1.47. The molecule has 1 rings (SSSR count). The highest BCUT2D eigenvalue weighted by atomic mass is 19.1. The van der Waals surface area contributed by atoms with Crippen molar-refractivity contribution in [2.75, 3.05) is 18.9 Å². The van der Waals surface area contributed by atoms with Crippen molar-refractivity contribution in [3.8, 4) is 0 Å². The zero-order valence-corrected chi connectivity index (χ0v) is 15.3. The summed E-state index contributed by atoms with van der Waals surface area (Å²) in [6, 6.07) is 3.30. The molecule has 1 atom stereocenters. The lowest BCUT2D eigenvalue weighted by atomic mass is 10.1. The molecule has 9 heteroatoms. The molecule has 1 amide bonds. The lowest BCUT2D eigenvalue weighted by molar-refractivity contribution is -0.166. The van der Waals surface area contributed by atoms with Crippen LogP contribution >= 0.6 is 0 Å². The first kappa shape index (κ1) is 21.4. The lowest BCUT2D eigenvalue weighted by Gasteiger charge is -2.29. The molecule has 0 aliphatic heterocycles. The number of halogens is 1. The van der Waals surface area contributed by atoms with Crippen molar-refractivity contribution in [3.63, 3.8) is 0 Å². The minimum absolute atomic E-state index is 0.0289. The zero-order valence-electron chi connectivity index (χ0n) is 15.3. The molecule has 0 fully saturated rings. The first-order chi connectivity index (χ1) is 11.9. The van der Waals surface area contributed by atoms with E-state index < -0.39 is 35.7 Å². The summed E-state index contributed by atoms with van der Waals surface area (Å²) in [6.45, 7) is 6.00. The van der Waals surface area contributed by atoms with E-state index in [9.17, 15) is 18.8 Å². The van der Waals surface area contributed by atoms with Crippen molar-refractivity contribution in [2.45, 2.75) is 39.5 Å². The van der Waals surface area contributed by atoms with Gasteiger partial charge in [-0.15, -0.1) is 0 Å². The topological polar surface area (TPSA) is 105 Å². The molecule has 0 radical (unpaired) electrons. The molecule has 0 heterocycles. The van der Waals surface area contributed by atoms with Gasteiger partial charge in [-0.3, -0.25) is 19.8 Å². The molecule has 144 valence electrons. The number of anilines is 1. The molecule has 0 bridgehead atoms. The minimum Gasteiger partial charge on any atom is -0.465 e. The number of hydrogen-bond acceptors (Lipinski definition) is 6. The molecule has 0 saturated carbocycles. The first-order valence-electron chi connectivity index (χ1n) is 7.77. The second-order valence-electron chi connectivity index (χ2n) is 6.63. The Kier molecular flexibility index (Phi) is 7.08. The Hall–Kier alpha value is -2.68. The molecule has 26 heavy (non-hydrogen) atoms. The number of carboxylic acid groups (broad SMARTS) is 1. The third kappa shape index (κ3) is 7.06. The summed E-state index contributed by atoms with van der Waals surface area (Å²) in [5, 5.41) is 11.1.